The van der Waals surface area contributed by atoms with E-state index in [-0.39, 0.29) is 6.10 Å². The second kappa shape index (κ2) is 4.53. The molecule has 0 bridgehead atoms. The predicted molar refractivity (Wildman–Crippen MR) is 46.2 cm³/mol. The number of ether oxygens (including phenoxy) is 1. The van der Waals surface area contributed by atoms with E-state index in [1.54, 1.807) is 0 Å². The third-order valence-electron chi connectivity index (χ3n) is 2.22. The number of methoxy groups -OCH3 is 1. The second-order valence-electron chi connectivity index (χ2n) is 3.19. The van der Waals surface area contributed by atoms with Gasteiger partial charge in [0, 0.05) is 7.11 Å². The number of phosphoric acid groups is 1. The summed E-state index contributed by atoms with van der Waals surface area (Å²) in [5, 5.41) is 0. The van der Waals surface area contributed by atoms with Gasteiger partial charge in [-0.1, -0.05) is 12.8 Å². The minimum Gasteiger partial charge on any atom is -0.379 e. The Hall–Kier alpha value is 0.0700. The average Bonchev–Trinajstić information content (AvgIpc) is 2.02. The molecule has 78 valence electrons. The van der Waals surface area contributed by atoms with Gasteiger partial charge in [0.25, 0.3) is 0 Å². The van der Waals surface area contributed by atoms with Gasteiger partial charge in [-0.15, -0.1) is 0 Å². The molecule has 1 aliphatic rings. The Morgan fingerprint density at radius 1 is 1.23 bits per heavy atom. The Balaban J connectivity index is 2.50. The maximum absolute atomic E-state index is 10.6. The Bertz CT molecular complexity index is 201. The molecular formula is C7H15O5P. The fraction of sp³-hybridized carbons (Fsp3) is 1.00. The van der Waals surface area contributed by atoms with Crippen LogP contribution in [0.5, 0.6) is 0 Å². The molecule has 1 aliphatic carbocycles. The van der Waals surface area contributed by atoms with E-state index in [0.717, 1.165) is 19.3 Å². The summed E-state index contributed by atoms with van der Waals surface area (Å²) in [6, 6.07) is 0. The summed E-state index contributed by atoms with van der Waals surface area (Å²) in [7, 11) is -2.83. The van der Waals surface area contributed by atoms with Crippen LogP contribution in [0, 0.1) is 0 Å². The van der Waals surface area contributed by atoms with E-state index in [1.165, 1.54) is 7.11 Å². The van der Waals surface area contributed by atoms with Crippen LogP contribution in [-0.4, -0.2) is 29.1 Å². The second-order valence-corrected chi connectivity index (χ2v) is 4.39. The van der Waals surface area contributed by atoms with Crippen molar-refractivity contribution in [2.75, 3.05) is 7.11 Å². The molecule has 6 heteroatoms. The third-order valence-corrected chi connectivity index (χ3v) is 2.76. The quantitative estimate of drug-likeness (QED) is 0.681. The summed E-state index contributed by atoms with van der Waals surface area (Å²) in [5.74, 6) is 0. The summed E-state index contributed by atoms with van der Waals surface area (Å²) >= 11 is 0. The summed E-state index contributed by atoms with van der Waals surface area (Å²) in [4.78, 5) is 17.2. The van der Waals surface area contributed by atoms with E-state index in [4.69, 9.17) is 14.5 Å². The molecule has 13 heavy (non-hydrogen) atoms. The van der Waals surface area contributed by atoms with E-state index >= 15 is 0 Å². The van der Waals surface area contributed by atoms with Crippen LogP contribution < -0.4 is 0 Å². The lowest BCUT2D eigenvalue weighted by Crippen LogP contribution is -2.33. The van der Waals surface area contributed by atoms with Crippen LogP contribution in [-0.2, 0) is 13.8 Å². The summed E-state index contributed by atoms with van der Waals surface area (Å²) in [5.41, 5.74) is 0. The molecule has 0 aromatic heterocycles. The molecule has 2 atom stereocenters. The minimum absolute atomic E-state index is 0.179. The first kappa shape index (κ1) is 11.1. The van der Waals surface area contributed by atoms with Crippen molar-refractivity contribution in [3.8, 4) is 0 Å². The molecular weight excluding hydrogens is 195 g/mol. The van der Waals surface area contributed by atoms with Crippen molar-refractivity contribution in [3.05, 3.63) is 0 Å². The zero-order chi connectivity index (χ0) is 9.90. The molecule has 0 saturated heterocycles. The Morgan fingerprint density at radius 3 is 2.23 bits per heavy atom. The maximum atomic E-state index is 10.6. The van der Waals surface area contributed by atoms with Crippen LogP contribution in [0.25, 0.3) is 0 Å². The van der Waals surface area contributed by atoms with E-state index in [1.807, 2.05) is 0 Å². The highest BCUT2D eigenvalue weighted by molar-refractivity contribution is 7.46. The van der Waals surface area contributed by atoms with Crippen molar-refractivity contribution in [2.45, 2.75) is 37.9 Å². The minimum atomic E-state index is -4.36. The lowest BCUT2D eigenvalue weighted by molar-refractivity contribution is -0.0342. The van der Waals surface area contributed by atoms with Gasteiger partial charge in [0.1, 0.15) is 0 Å². The molecule has 0 spiro atoms. The van der Waals surface area contributed by atoms with Gasteiger partial charge in [-0.2, -0.15) is 0 Å². The molecule has 0 aromatic carbocycles. The Labute approximate surface area is 77.3 Å². The zero-order valence-electron chi connectivity index (χ0n) is 7.55. The third kappa shape index (κ3) is 3.75. The molecule has 2 N–H and O–H groups in total. The highest BCUT2D eigenvalue weighted by Crippen LogP contribution is 2.41. The van der Waals surface area contributed by atoms with E-state index in [2.05, 4.69) is 4.52 Å². The molecule has 0 amide bonds. The number of phosphoric ester groups is 1. The van der Waals surface area contributed by atoms with Gasteiger partial charge >= 0.3 is 7.82 Å². The van der Waals surface area contributed by atoms with Crippen molar-refractivity contribution >= 4 is 7.82 Å². The van der Waals surface area contributed by atoms with Gasteiger partial charge < -0.3 is 14.5 Å². The first-order chi connectivity index (χ1) is 6.03. The van der Waals surface area contributed by atoms with Crippen molar-refractivity contribution in [1.29, 1.82) is 0 Å². The van der Waals surface area contributed by atoms with Gasteiger partial charge in [-0.05, 0) is 12.8 Å². The van der Waals surface area contributed by atoms with Gasteiger partial charge in [0.05, 0.1) is 12.2 Å². The standard InChI is InChI=1S/C7H15O5P/c1-11-6-4-2-3-5-7(6)12-13(8,9)10/h6-7H,2-5H2,1H3,(H2,8,9,10). The van der Waals surface area contributed by atoms with E-state index in [0.29, 0.717) is 6.42 Å². The van der Waals surface area contributed by atoms with Crippen molar-refractivity contribution in [1.82, 2.24) is 0 Å². The monoisotopic (exact) mass is 210 g/mol. The van der Waals surface area contributed by atoms with Crippen LogP contribution in [0.3, 0.4) is 0 Å². The average molecular weight is 210 g/mol. The van der Waals surface area contributed by atoms with Crippen LogP contribution >= 0.6 is 7.82 Å². The first-order valence-electron chi connectivity index (χ1n) is 4.29. The topological polar surface area (TPSA) is 76.0 Å². The molecule has 0 aromatic rings. The van der Waals surface area contributed by atoms with Crippen molar-refractivity contribution in [3.63, 3.8) is 0 Å². The maximum Gasteiger partial charge on any atom is 0.469 e. The highest BCUT2D eigenvalue weighted by Gasteiger charge is 2.31. The number of rotatable bonds is 3. The van der Waals surface area contributed by atoms with Gasteiger partial charge in [-0.3, -0.25) is 4.52 Å². The highest BCUT2D eigenvalue weighted by atomic mass is 31.2. The van der Waals surface area contributed by atoms with Crippen LogP contribution in [0.4, 0.5) is 0 Å². The lowest BCUT2D eigenvalue weighted by Gasteiger charge is -2.29. The van der Waals surface area contributed by atoms with Crippen LogP contribution in [0.15, 0.2) is 0 Å². The summed E-state index contributed by atoms with van der Waals surface area (Å²) in [6.07, 6.45) is 2.79. The molecule has 1 saturated carbocycles. The first-order valence-corrected chi connectivity index (χ1v) is 5.82. The smallest absolute Gasteiger partial charge is 0.379 e. The van der Waals surface area contributed by atoms with Crippen LogP contribution in [0.1, 0.15) is 25.7 Å². The normalized spacial score (nSPS) is 30.4. The summed E-state index contributed by atoms with van der Waals surface area (Å²) in [6.45, 7) is 0. The predicted octanol–water partition coefficient (Wildman–Crippen LogP) is 1.05. The van der Waals surface area contributed by atoms with E-state index in [9.17, 15) is 4.57 Å². The molecule has 0 radical (unpaired) electrons. The molecule has 2 unspecified atom stereocenters. The number of hydrogen-bond acceptors (Lipinski definition) is 3. The SMILES string of the molecule is COC1CCCCC1OP(=O)(O)O. The molecule has 1 rings (SSSR count). The molecule has 5 nitrogen and oxygen atoms in total. The van der Waals surface area contributed by atoms with Crippen LogP contribution in [0.2, 0.25) is 0 Å². The van der Waals surface area contributed by atoms with Crippen molar-refractivity contribution in [2.24, 2.45) is 0 Å². The fourth-order valence-electron chi connectivity index (χ4n) is 1.63. The van der Waals surface area contributed by atoms with Gasteiger partial charge in [0.2, 0.25) is 0 Å². The number of hydrogen-bond donors (Lipinski definition) is 2. The molecule has 1 fully saturated rings. The lowest BCUT2D eigenvalue weighted by atomic mass is 9.95. The Morgan fingerprint density at radius 2 is 1.77 bits per heavy atom. The van der Waals surface area contributed by atoms with Gasteiger partial charge in [0.15, 0.2) is 0 Å². The molecule has 0 heterocycles. The largest absolute Gasteiger partial charge is 0.469 e. The zero-order valence-corrected chi connectivity index (χ0v) is 8.44. The van der Waals surface area contributed by atoms with E-state index < -0.39 is 13.9 Å². The van der Waals surface area contributed by atoms with Gasteiger partial charge in [-0.25, -0.2) is 4.57 Å². The molecule has 0 aliphatic heterocycles. The van der Waals surface area contributed by atoms with Crippen molar-refractivity contribution < 1.29 is 23.6 Å². The fourth-order valence-corrected chi connectivity index (χ4v) is 2.22. The Kier molecular flexibility index (Phi) is 3.88. The summed E-state index contributed by atoms with van der Waals surface area (Å²) < 4.78 is 20.3.